The smallest absolute Gasteiger partial charge is 0.0252 e. The molecule has 2 aliphatic heterocycles. The molecule has 0 spiro atoms. The van der Waals surface area contributed by atoms with Gasteiger partial charge in [0.25, 0.3) is 0 Å². The molecule has 2 nitrogen and oxygen atoms in total. The fourth-order valence-corrected chi connectivity index (χ4v) is 5.22. The van der Waals surface area contributed by atoms with Crippen LogP contribution in [0.3, 0.4) is 0 Å². The van der Waals surface area contributed by atoms with E-state index < -0.39 is 0 Å². The molecular weight excluding hydrogens is 256 g/mol. The van der Waals surface area contributed by atoms with Gasteiger partial charge < -0.3 is 5.32 Å². The molecule has 2 heterocycles. The van der Waals surface area contributed by atoms with Gasteiger partial charge in [0.1, 0.15) is 0 Å². The number of hydrogen-bond donors (Lipinski definition) is 1. The highest BCUT2D eigenvalue weighted by Crippen LogP contribution is 2.42. The zero-order valence-electron chi connectivity index (χ0n) is 14.5. The maximum Gasteiger partial charge on any atom is 0.0252 e. The van der Waals surface area contributed by atoms with Crippen LogP contribution < -0.4 is 5.32 Å². The minimum Gasteiger partial charge on any atom is -0.312 e. The Labute approximate surface area is 132 Å². The van der Waals surface area contributed by atoms with Crippen LogP contribution in [-0.4, -0.2) is 36.1 Å². The Hall–Kier alpha value is -0.0800. The summed E-state index contributed by atoms with van der Waals surface area (Å²) in [6.45, 7) is 9.97. The minimum absolute atomic E-state index is 0.558. The molecule has 0 radical (unpaired) electrons. The molecule has 1 aliphatic carbocycles. The summed E-state index contributed by atoms with van der Waals surface area (Å²) >= 11 is 0. The summed E-state index contributed by atoms with van der Waals surface area (Å²) in [5.74, 6) is 0.962. The molecule has 3 aliphatic rings. The van der Waals surface area contributed by atoms with Gasteiger partial charge in [0.15, 0.2) is 0 Å². The maximum absolute atomic E-state index is 3.77. The van der Waals surface area contributed by atoms with Gasteiger partial charge in [-0.05, 0) is 75.8 Å². The molecule has 2 unspecified atom stereocenters. The molecule has 2 heteroatoms. The molecule has 3 rings (SSSR count). The normalized spacial score (nSPS) is 39.0. The maximum atomic E-state index is 3.77. The van der Waals surface area contributed by atoms with Crippen molar-refractivity contribution in [2.24, 2.45) is 11.3 Å². The summed E-state index contributed by atoms with van der Waals surface area (Å²) in [6.07, 6.45) is 12.9. The van der Waals surface area contributed by atoms with E-state index in [-0.39, 0.29) is 0 Å². The van der Waals surface area contributed by atoms with Crippen molar-refractivity contribution in [2.45, 2.75) is 96.7 Å². The molecule has 21 heavy (non-hydrogen) atoms. The molecule has 2 atom stereocenters. The van der Waals surface area contributed by atoms with E-state index in [4.69, 9.17) is 0 Å². The first-order valence-corrected chi connectivity index (χ1v) is 9.61. The fraction of sp³-hybridized carbons (Fsp3) is 1.00. The van der Waals surface area contributed by atoms with Crippen LogP contribution in [0.5, 0.6) is 0 Å². The third-order valence-corrected chi connectivity index (χ3v) is 7.09. The van der Waals surface area contributed by atoms with Gasteiger partial charge in [-0.15, -0.1) is 0 Å². The predicted octanol–water partition coefficient (Wildman–Crippen LogP) is 4.20. The van der Waals surface area contributed by atoms with Gasteiger partial charge >= 0.3 is 0 Å². The van der Waals surface area contributed by atoms with E-state index in [0.29, 0.717) is 5.41 Å². The lowest BCUT2D eigenvalue weighted by molar-refractivity contribution is 0.0703. The van der Waals surface area contributed by atoms with Crippen molar-refractivity contribution < 1.29 is 0 Å². The Balaban J connectivity index is 1.56. The van der Waals surface area contributed by atoms with Crippen LogP contribution >= 0.6 is 0 Å². The molecule has 0 amide bonds. The minimum atomic E-state index is 0.558. The number of hydrogen-bond acceptors (Lipinski definition) is 2. The highest BCUT2D eigenvalue weighted by Gasteiger charge is 2.39. The summed E-state index contributed by atoms with van der Waals surface area (Å²) in [6, 6.07) is 2.55. The van der Waals surface area contributed by atoms with Gasteiger partial charge in [0.05, 0.1) is 0 Å². The van der Waals surface area contributed by atoms with E-state index in [1.807, 2.05) is 0 Å². The van der Waals surface area contributed by atoms with E-state index in [2.05, 4.69) is 31.0 Å². The SMILES string of the molecule is CCC(C)(C)C1CCC(N2CCCC2C2CCCN2)CC1. The Kier molecular flexibility index (Phi) is 4.95. The lowest BCUT2D eigenvalue weighted by atomic mass is 9.68. The number of nitrogens with one attached hydrogen (secondary N) is 1. The molecule has 2 saturated heterocycles. The van der Waals surface area contributed by atoms with Gasteiger partial charge in [-0.25, -0.2) is 0 Å². The van der Waals surface area contributed by atoms with Crippen LogP contribution in [0.1, 0.15) is 78.6 Å². The third kappa shape index (κ3) is 3.32. The summed E-state index contributed by atoms with van der Waals surface area (Å²) in [5, 5.41) is 3.77. The van der Waals surface area contributed by atoms with Crippen molar-refractivity contribution in [1.29, 1.82) is 0 Å². The first kappa shape index (κ1) is 15.8. The van der Waals surface area contributed by atoms with Gasteiger partial charge in [-0.3, -0.25) is 4.90 Å². The van der Waals surface area contributed by atoms with Crippen molar-refractivity contribution in [1.82, 2.24) is 10.2 Å². The molecule has 0 bridgehead atoms. The van der Waals surface area contributed by atoms with E-state index in [9.17, 15) is 0 Å². The van der Waals surface area contributed by atoms with Crippen molar-refractivity contribution in [3.8, 4) is 0 Å². The van der Waals surface area contributed by atoms with Crippen LogP contribution in [0.2, 0.25) is 0 Å². The molecule has 0 aromatic heterocycles. The van der Waals surface area contributed by atoms with Gasteiger partial charge in [0.2, 0.25) is 0 Å². The molecule has 1 saturated carbocycles. The quantitative estimate of drug-likeness (QED) is 0.835. The van der Waals surface area contributed by atoms with Crippen molar-refractivity contribution in [2.75, 3.05) is 13.1 Å². The second kappa shape index (κ2) is 6.58. The molecular formula is C19H36N2. The van der Waals surface area contributed by atoms with Crippen LogP contribution in [0, 0.1) is 11.3 Å². The zero-order chi connectivity index (χ0) is 14.9. The van der Waals surface area contributed by atoms with E-state index in [1.165, 1.54) is 70.9 Å². The second-order valence-corrected chi connectivity index (χ2v) is 8.50. The van der Waals surface area contributed by atoms with Crippen molar-refractivity contribution in [3.63, 3.8) is 0 Å². The van der Waals surface area contributed by atoms with E-state index in [0.717, 1.165) is 24.0 Å². The Morgan fingerprint density at radius 3 is 2.38 bits per heavy atom. The lowest BCUT2D eigenvalue weighted by Crippen LogP contribution is -2.49. The average Bonchev–Trinajstić information content (AvgIpc) is 3.18. The van der Waals surface area contributed by atoms with Crippen molar-refractivity contribution in [3.05, 3.63) is 0 Å². The van der Waals surface area contributed by atoms with Crippen LogP contribution in [0.25, 0.3) is 0 Å². The van der Waals surface area contributed by atoms with Crippen LogP contribution in [0.15, 0.2) is 0 Å². The Morgan fingerprint density at radius 2 is 1.76 bits per heavy atom. The molecule has 3 fully saturated rings. The molecule has 1 N–H and O–H groups in total. The summed E-state index contributed by atoms with van der Waals surface area (Å²) in [7, 11) is 0. The average molecular weight is 293 g/mol. The van der Waals surface area contributed by atoms with E-state index in [1.54, 1.807) is 0 Å². The van der Waals surface area contributed by atoms with Crippen LogP contribution in [0.4, 0.5) is 0 Å². The first-order chi connectivity index (χ1) is 10.1. The van der Waals surface area contributed by atoms with Crippen molar-refractivity contribution >= 4 is 0 Å². The molecule has 0 aromatic rings. The first-order valence-electron chi connectivity index (χ1n) is 9.61. The Bertz CT molecular complexity index is 324. The zero-order valence-corrected chi connectivity index (χ0v) is 14.5. The second-order valence-electron chi connectivity index (χ2n) is 8.50. The highest BCUT2D eigenvalue weighted by molar-refractivity contribution is 4.96. The summed E-state index contributed by atoms with van der Waals surface area (Å²) in [4.78, 5) is 2.91. The molecule has 122 valence electrons. The fourth-order valence-electron chi connectivity index (χ4n) is 5.22. The largest absolute Gasteiger partial charge is 0.312 e. The van der Waals surface area contributed by atoms with Crippen LogP contribution in [-0.2, 0) is 0 Å². The van der Waals surface area contributed by atoms with Gasteiger partial charge in [-0.2, -0.15) is 0 Å². The monoisotopic (exact) mass is 292 g/mol. The van der Waals surface area contributed by atoms with Gasteiger partial charge in [0, 0.05) is 18.1 Å². The topological polar surface area (TPSA) is 15.3 Å². The lowest BCUT2D eigenvalue weighted by Gasteiger charge is -2.43. The standard InChI is InChI=1S/C19H36N2/c1-4-19(2,3)15-9-11-16(12-10-15)21-14-6-8-18(21)17-7-5-13-20-17/h15-18,20H,4-14H2,1-3H3. The molecule has 0 aromatic carbocycles. The summed E-state index contributed by atoms with van der Waals surface area (Å²) in [5.41, 5.74) is 0.558. The predicted molar refractivity (Wildman–Crippen MR) is 90.6 cm³/mol. The number of nitrogens with zero attached hydrogens (tertiary/aromatic N) is 1. The highest BCUT2D eigenvalue weighted by atomic mass is 15.2. The van der Waals surface area contributed by atoms with E-state index >= 15 is 0 Å². The Morgan fingerprint density at radius 1 is 1.00 bits per heavy atom. The number of rotatable bonds is 4. The number of likely N-dealkylation sites (tertiary alicyclic amines) is 1. The third-order valence-electron chi connectivity index (χ3n) is 7.09. The van der Waals surface area contributed by atoms with Gasteiger partial charge in [-0.1, -0.05) is 27.2 Å². The summed E-state index contributed by atoms with van der Waals surface area (Å²) < 4.78 is 0.